The Hall–Kier alpha value is -2.61. The summed E-state index contributed by atoms with van der Waals surface area (Å²) >= 11 is 0. The lowest BCUT2D eigenvalue weighted by atomic mass is 9.99. The van der Waals surface area contributed by atoms with Gasteiger partial charge in [0.25, 0.3) is 0 Å². The minimum absolute atomic E-state index is 0. The highest BCUT2D eigenvalue weighted by atomic mass is 35.5. The van der Waals surface area contributed by atoms with Gasteiger partial charge >= 0.3 is 0 Å². The second kappa shape index (κ2) is 14.0. The molecule has 208 valence electrons. The Morgan fingerprint density at radius 3 is 2.47 bits per heavy atom. The van der Waals surface area contributed by atoms with Gasteiger partial charge in [0.2, 0.25) is 11.8 Å². The van der Waals surface area contributed by atoms with Crippen LogP contribution < -0.4 is 15.8 Å². The number of methoxy groups -OCH3 is 1. The number of halogens is 1. The topological polar surface area (TPSA) is 87.9 Å². The normalized spacial score (nSPS) is 22.4. The third-order valence-electron chi connectivity index (χ3n) is 7.72. The van der Waals surface area contributed by atoms with E-state index in [1.165, 1.54) is 5.56 Å². The summed E-state index contributed by atoms with van der Waals surface area (Å²) in [4.78, 5) is 31.6. The molecule has 7 nitrogen and oxygen atoms in total. The van der Waals surface area contributed by atoms with E-state index in [1.807, 2.05) is 35.2 Å². The van der Waals surface area contributed by atoms with Crippen molar-refractivity contribution in [2.45, 2.75) is 76.7 Å². The van der Waals surface area contributed by atoms with Crippen molar-refractivity contribution in [1.29, 1.82) is 0 Å². The van der Waals surface area contributed by atoms with Crippen molar-refractivity contribution in [1.82, 2.24) is 15.1 Å². The summed E-state index contributed by atoms with van der Waals surface area (Å²) in [6.45, 7) is 5.95. The number of nitrogens with zero attached hydrogens (tertiary/aromatic N) is 2. The van der Waals surface area contributed by atoms with E-state index in [1.54, 1.807) is 7.11 Å². The van der Waals surface area contributed by atoms with Crippen molar-refractivity contribution in [3.05, 3.63) is 65.7 Å². The second-order valence-corrected chi connectivity index (χ2v) is 10.9. The Balaban J connectivity index is 0.00000400. The molecule has 1 unspecified atom stereocenters. The molecule has 2 saturated heterocycles. The number of ether oxygens (including phenoxy) is 1. The van der Waals surface area contributed by atoms with Crippen LogP contribution in [0, 0.1) is 5.92 Å². The molecular weight excluding hydrogens is 500 g/mol. The molecular formula is C30H43ClN4O3. The maximum absolute atomic E-state index is 13.9. The van der Waals surface area contributed by atoms with Gasteiger partial charge in [-0.3, -0.25) is 14.5 Å². The summed E-state index contributed by atoms with van der Waals surface area (Å²) in [5, 5.41) is 3.09. The van der Waals surface area contributed by atoms with Gasteiger partial charge in [0, 0.05) is 31.7 Å². The van der Waals surface area contributed by atoms with Crippen LogP contribution in [0.5, 0.6) is 5.75 Å². The zero-order valence-corrected chi connectivity index (χ0v) is 23.7. The van der Waals surface area contributed by atoms with Crippen molar-refractivity contribution in [3.63, 3.8) is 0 Å². The highest BCUT2D eigenvalue weighted by Crippen LogP contribution is 2.30. The number of fused-ring (bicyclic) bond motifs is 1. The molecule has 0 saturated carbocycles. The Bertz CT molecular complexity index is 1030. The van der Waals surface area contributed by atoms with Gasteiger partial charge in [-0.2, -0.15) is 0 Å². The summed E-state index contributed by atoms with van der Waals surface area (Å²) in [5.41, 5.74) is 8.68. The van der Waals surface area contributed by atoms with E-state index in [4.69, 9.17) is 10.5 Å². The zero-order valence-electron chi connectivity index (χ0n) is 22.8. The lowest BCUT2D eigenvalue weighted by Gasteiger charge is -2.33. The molecule has 0 bridgehead atoms. The first-order valence-corrected chi connectivity index (χ1v) is 13.6. The van der Waals surface area contributed by atoms with Crippen LogP contribution in [0.3, 0.4) is 0 Å². The van der Waals surface area contributed by atoms with Crippen LogP contribution in [0.2, 0.25) is 0 Å². The van der Waals surface area contributed by atoms with Gasteiger partial charge in [-0.1, -0.05) is 56.3 Å². The predicted octanol–water partition coefficient (Wildman–Crippen LogP) is 3.78. The quantitative estimate of drug-likeness (QED) is 0.477. The number of nitrogens with two attached hydrogens (primary N) is 1. The van der Waals surface area contributed by atoms with Gasteiger partial charge < -0.3 is 20.7 Å². The molecule has 4 rings (SSSR count). The van der Waals surface area contributed by atoms with Crippen LogP contribution in [-0.2, 0) is 22.6 Å². The monoisotopic (exact) mass is 542 g/mol. The molecule has 0 aromatic heterocycles. The first-order chi connectivity index (χ1) is 17.9. The van der Waals surface area contributed by atoms with Crippen molar-refractivity contribution in [2.75, 3.05) is 20.2 Å². The molecule has 2 aromatic carbocycles. The molecule has 2 fully saturated rings. The number of aryl methyl sites for hydroxylation is 1. The summed E-state index contributed by atoms with van der Waals surface area (Å²) in [5.74, 6) is 1.03. The molecule has 2 aliphatic heterocycles. The highest BCUT2D eigenvalue weighted by Gasteiger charge is 2.45. The van der Waals surface area contributed by atoms with Crippen molar-refractivity contribution in [2.24, 2.45) is 11.7 Å². The number of rotatable bonds is 10. The number of amides is 2. The van der Waals surface area contributed by atoms with Crippen LogP contribution in [0.15, 0.2) is 54.6 Å². The van der Waals surface area contributed by atoms with Crippen LogP contribution in [0.1, 0.15) is 50.7 Å². The van der Waals surface area contributed by atoms with Crippen LogP contribution in [0.25, 0.3) is 0 Å². The fraction of sp³-hybridized carbons (Fsp3) is 0.533. The minimum Gasteiger partial charge on any atom is -0.497 e. The number of nitrogens with one attached hydrogen (secondary N) is 1. The number of hydrogen-bond acceptors (Lipinski definition) is 5. The van der Waals surface area contributed by atoms with Crippen LogP contribution >= 0.6 is 12.4 Å². The van der Waals surface area contributed by atoms with E-state index < -0.39 is 6.04 Å². The molecule has 2 aromatic rings. The summed E-state index contributed by atoms with van der Waals surface area (Å²) < 4.78 is 5.23. The third kappa shape index (κ3) is 7.49. The molecule has 8 heteroatoms. The molecule has 2 amide bonds. The van der Waals surface area contributed by atoms with Gasteiger partial charge in [0.05, 0.1) is 13.2 Å². The standard InChI is InChI=1S/C30H42N4O3.ClH/c1-21(2)17-27(29(35)32-19-23-10-13-26(37-3)14-11-23)33-16-15-25(12-9-22-7-5-4-6-8-22)34-20-24(31)18-28(34)30(33)36;/h4-8,10-11,13-14,21,24-25,27-28H,9,12,15-20,31H2,1-3H3,(H,32,35);1H/t24-,25?,27-,28+;/m1./s1. The molecule has 0 radical (unpaired) electrons. The number of carbonyl (C=O) groups is 2. The maximum Gasteiger partial charge on any atom is 0.243 e. The van der Waals surface area contributed by atoms with Gasteiger partial charge in [-0.15, -0.1) is 12.4 Å². The lowest BCUT2D eigenvalue weighted by Crippen LogP contribution is -2.53. The van der Waals surface area contributed by atoms with E-state index in [9.17, 15) is 9.59 Å². The molecule has 0 spiro atoms. The van der Waals surface area contributed by atoms with E-state index in [-0.39, 0.29) is 48.3 Å². The van der Waals surface area contributed by atoms with Crippen LogP contribution in [0.4, 0.5) is 0 Å². The van der Waals surface area contributed by atoms with Crippen molar-refractivity contribution >= 4 is 24.2 Å². The number of benzene rings is 2. The van der Waals surface area contributed by atoms with Gasteiger partial charge in [-0.25, -0.2) is 0 Å². The Morgan fingerprint density at radius 1 is 1.11 bits per heavy atom. The largest absolute Gasteiger partial charge is 0.497 e. The summed E-state index contributed by atoms with van der Waals surface area (Å²) in [6.07, 6.45) is 4.08. The van der Waals surface area contributed by atoms with Crippen molar-refractivity contribution in [3.8, 4) is 5.75 Å². The van der Waals surface area contributed by atoms with Crippen molar-refractivity contribution < 1.29 is 14.3 Å². The fourth-order valence-corrected chi connectivity index (χ4v) is 5.77. The molecule has 38 heavy (non-hydrogen) atoms. The predicted molar refractivity (Wildman–Crippen MR) is 153 cm³/mol. The van der Waals surface area contributed by atoms with Gasteiger partial charge in [-0.05, 0) is 61.3 Å². The molecule has 2 aliphatic rings. The minimum atomic E-state index is -0.489. The molecule has 3 N–H and O–H groups in total. The van der Waals surface area contributed by atoms with Crippen LogP contribution in [-0.4, -0.2) is 66.0 Å². The molecule has 4 atom stereocenters. The summed E-state index contributed by atoms with van der Waals surface area (Å²) in [6, 6.07) is 17.7. The third-order valence-corrected chi connectivity index (χ3v) is 7.72. The SMILES string of the molecule is COc1ccc(CNC(=O)[C@@H](CC(C)C)N2CCC(CCc3ccccc3)N3C[C@H](N)C[C@H]3C2=O)cc1.Cl. The Labute approximate surface area is 233 Å². The lowest BCUT2D eigenvalue weighted by molar-refractivity contribution is -0.143. The first-order valence-electron chi connectivity index (χ1n) is 13.6. The Kier molecular flexibility index (Phi) is 11.0. The smallest absolute Gasteiger partial charge is 0.243 e. The first kappa shape index (κ1) is 29.9. The summed E-state index contributed by atoms with van der Waals surface area (Å²) in [7, 11) is 1.63. The van der Waals surface area contributed by atoms with Gasteiger partial charge in [0.15, 0.2) is 0 Å². The maximum atomic E-state index is 13.9. The van der Waals surface area contributed by atoms with Gasteiger partial charge in [0.1, 0.15) is 11.8 Å². The van der Waals surface area contributed by atoms with E-state index in [0.717, 1.165) is 37.1 Å². The molecule has 0 aliphatic carbocycles. The van der Waals surface area contributed by atoms with E-state index in [0.29, 0.717) is 25.9 Å². The average Bonchev–Trinajstić information content (AvgIpc) is 3.24. The van der Waals surface area contributed by atoms with E-state index in [2.05, 4.69) is 48.3 Å². The number of hydrogen-bond donors (Lipinski definition) is 2. The fourth-order valence-electron chi connectivity index (χ4n) is 5.77. The number of carbonyl (C=O) groups excluding carboxylic acids is 2. The molecule has 2 heterocycles. The zero-order chi connectivity index (χ0) is 26.4. The average molecular weight is 543 g/mol. The highest BCUT2D eigenvalue weighted by molar-refractivity contribution is 5.90. The van der Waals surface area contributed by atoms with E-state index >= 15 is 0 Å². The second-order valence-electron chi connectivity index (χ2n) is 10.9. The Morgan fingerprint density at radius 2 is 1.82 bits per heavy atom.